The summed E-state index contributed by atoms with van der Waals surface area (Å²) < 4.78 is 6.10. The van der Waals surface area contributed by atoms with Gasteiger partial charge in [0.15, 0.2) is 5.58 Å². The number of amides is 2. The molecule has 2 aliphatic heterocycles. The van der Waals surface area contributed by atoms with E-state index in [1.54, 1.807) is 29.8 Å². The van der Waals surface area contributed by atoms with Gasteiger partial charge in [0, 0.05) is 44.0 Å². The number of aliphatic carboxylic acids is 1. The second-order valence-electron chi connectivity index (χ2n) is 11.4. The first-order valence-corrected chi connectivity index (χ1v) is 15.0. The number of carboxylic acid groups (broad SMARTS) is 1. The Morgan fingerprint density at radius 2 is 1.78 bits per heavy atom. The number of likely N-dealkylation sites (N-methyl/N-ethyl adjacent to an activating group) is 1. The number of anilines is 3. The van der Waals surface area contributed by atoms with Crippen molar-refractivity contribution >= 4 is 46.3 Å². The third-order valence-electron chi connectivity index (χ3n) is 8.41. The summed E-state index contributed by atoms with van der Waals surface area (Å²) in [5, 5.41) is 9.91. The second-order valence-corrected chi connectivity index (χ2v) is 11.4. The maximum atomic E-state index is 13.3. The van der Waals surface area contributed by atoms with Crippen LogP contribution >= 0.6 is 0 Å². The lowest BCUT2D eigenvalue weighted by Gasteiger charge is -2.20. The molecule has 0 saturated carbocycles. The van der Waals surface area contributed by atoms with Gasteiger partial charge in [-0.1, -0.05) is 36.4 Å². The first kappa shape index (κ1) is 29.9. The van der Waals surface area contributed by atoms with Gasteiger partial charge in [0.25, 0.3) is 5.91 Å². The van der Waals surface area contributed by atoms with Crippen molar-refractivity contribution in [1.82, 2.24) is 15.4 Å². The Labute approximate surface area is 260 Å². The molecule has 4 aromatic rings. The molecule has 1 aromatic heterocycles. The summed E-state index contributed by atoms with van der Waals surface area (Å²) in [6.45, 7) is 4.90. The Bertz CT molecular complexity index is 1750. The highest BCUT2D eigenvalue weighted by Crippen LogP contribution is 2.35. The summed E-state index contributed by atoms with van der Waals surface area (Å²) >= 11 is 0. The zero-order chi connectivity index (χ0) is 31.7. The molecule has 0 bridgehead atoms. The molecule has 3 aromatic carbocycles. The van der Waals surface area contributed by atoms with Gasteiger partial charge in [-0.3, -0.25) is 29.6 Å². The minimum absolute atomic E-state index is 0.103. The van der Waals surface area contributed by atoms with E-state index in [-0.39, 0.29) is 43.3 Å². The Morgan fingerprint density at radius 1 is 1.02 bits per heavy atom. The van der Waals surface area contributed by atoms with E-state index >= 15 is 0 Å². The Kier molecular flexibility index (Phi) is 8.27. The number of nitrogens with zero attached hydrogens (tertiary/aromatic N) is 4. The first-order valence-electron chi connectivity index (χ1n) is 15.0. The molecule has 3 atom stereocenters. The summed E-state index contributed by atoms with van der Waals surface area (Å²) in [7, 11) is 1.71. The predicted molar refractivity (Wildman–Crippen MR) is 169 cm³/mol. The Balaban J connectivity index is 1.13. The van der Waals surface area contributed by atoms with E-state index in [2.05, 4.69) is 10.5 Å². The zero-order valence-corrected chi connectivity index (χ0v) is 25.3. The topological polar surface area (TPSA) is 128 Å². The average molecular weight is 610 g/mol. The first-order chi connectivity index (χ1) is 21.7. The van der Waals surface area contributed by atoms with E-state index < -0.39 is 11.9 Å². The number of rotatable bonds is 9. The predicted octanol–water partition coefficient (Wildman–Crippen LogP) is 4.63. The van der Waals surface area contributed by atoms with Crippen LogP contribution in [0.1, 0.15) is 30.9 Å². The molecule has 11 nitrogen and oxygen atoms in total. The highest BCUT2D eigenvalue weighted by atomic mass is 16.7. The van der Waals surface area contributed by atoms with Gasteiger partial charge in [-0.25, -0.2) is 0 Å². The lowest BCUT2D eigenvalue weighted by Crippen LogP contribution is -2.34. The van der Waals surface area contributed by atoms with E-state index in [1.165, 1.54) is 0 Å². The van der Waals surface area contributed by atoms with E-state index in [0.717, 1.165) is 16.8 Å². The van der Waals surface area contributed by atoms with Gasteiger partial charge in [-0.15, -0.1) is 0 Å². The number of oxazole rings is 1. The van der Waals surface area contributed by atoms with Gasteiger partial charge in [0.05, 0.1) is 12.3 Å². The van der Waals surface area contributed by atoms with Crippen molar-refractivity contribution in [2.24, 2.45) is 5.92 Å². The average Bonchev–Trinajstić information content (AvgIpc) is 3.80. The number of hydrogen-bond acceptors (Lipinski definition) is 8. The van der Waals surface area contributed by atoms with Crippen LogP contribution in [-0.4, -0.2) is 65.6 Å². The molecule has 2 aliphatic rings. The fraction of sp³-hybridized carbons (Fsp3) is 0.294. The van der Waals surface area contributed by atoms with Crippen molar-refractivity contribution < 1.29 is 28.7 Å². The number of hydrogen-bond donors (Lipinski definition) is 2. The number of nitrogens with one attached hydrogen (secondary N) is 1. The number of benzene rings is 3. The minimum atomic E-state index is -0.956. The van der Waals surface area contributed by atoms with Crippen LogP contribution in [-0.2, 0) is 25.6 Å². The second kappa shape index (κ2) is 12.4. The van der Waals surface area contributed by atoms with Crippen LogP contribution in [0.15, 0.2) is 89.0 Å². The molecule has 45 heavy (non-hydrogen) atoms. The van der Waals surface area contributed by atoms with E-state index in [0.29, 0.717) is 35.0 Å². The Morgan fingerprint density at radius 3 is 2.44 bits per heavy atom. The van der Waals surface area contributed by atoms with Crippen LogP contribution in [0.3, 0.4) is 0 Å². The SMILES string of the molecule is CCN(c1ccccc1)c1nc2ccc(CC(=O)N(C)c3ccc(C4CN(C(=O)C5=CC(C)ON5)CC4C(=O)O)cc3)cc2o1. The fourth-order valence-corrected chi connectivity index (χ4v) is 5.90. The lowest BCUT2D eigenvalue weighted by molar-refractivity contribution is -0.141. The van der Waals surface area contributed by atoms with Gasteiger partial charge in [-0.05, 0) is 67.4 Å². The van der Waals surface area contributed by atoms with Gasteiger partial charge >= 0.3 is 12.0 Å². The Hall–Kier alpha value is -5.16. The van der Waals surface area contributed by atoms with Crippen LogP contribution < -0.4 is 15.3 Å². The minimum Gasteiger partial charge on any atom is -0.481 e. The van der Waals surface area contributed by atoms with Crippen LogP contribution in [0.2, 0.25) is 0 Å². The number of carbonyl (C=O) groups excluding carboxylic acids is 2. The smallest absolute Gasteiger partial charge is 0.308 e. The number of para-hydroxylation sites is 1. The third-order valence-corrected chi connectivity index (χ3v) is 8.41. The molecular formula is C34H35N5O6. The molecule has 232 valence electrons. The van der Waals surface area contributed by atoms with Crippen molar-refractivity contribution in [3.8, 4) is 0 Å². The summed E-state index contributed by atoms with van der Waals surface area (Å²) in [5.74, 6) is -2.48. The molecule has 0 radical (unpaired) electrons. The molecular weight excluding hydrogens is 574 g/mol. The quantitative estimate of drug-likeness (QED) is 0.279. The number of likely N-dealkylation sites (tertiary alicyclic amines) is 1. The van der Waals surface area contributed by atoms with E-state index in [1.807, 2.05) is 84.6 Å². The van der Waals surface area contributed by atoms with Crippen LogP contribution in [0.5, 0.6) is 0 Å². The zero-order valence-electron chi connectivity index (χ0n) is 25.3. The largest absolute Gasteiger partial charge is 0.481 e. The maximum Gasteiger partial charge on any atom is 0.308 e. The number of carboxylic acids is 1. The fourth-order valence-electron chi connectivity index (χ4n) is 5.90. The highest BCUT2D eigenvalue weighted by Gasteiger charge is 2.41. The molecule has 2 N–H and O–H groups in total. The monoisotopic (exact) mass is 609 g/mol. The normalized spacial score (nSPS) is 19.3. The van der Waals surface area contributed by atoms with Crippen LogP contribution in [0.25, 0.3) is 11.1 Å². The molecule has 6 rings (SSSR count). The van der Waals surface area contributed by atoms with Crippen LogP contribution in [0, 0.1) is 5.92 Å². The molecule has 0 spiro atoms. The standard InChI is InChI=1S/C34H35N5O6/c1-4-39(25-8-6-5-7-9-25)34-35-28-15-10-22(17-30(28)44-34)18-31(40)37(3)24-13-11-23(12-14-24)26-19-38(20-27(26)33(42)43)32(41)29-16-21(2)45-36-29/h5-17,21,26-27,36H,4,18-20H2,1-3H3,(H,42,43). The molecule has 11 heteroatoms. The van der Waals surface area contributed by atoms with Gasteiger partial charge < -0.3 is 19.3 Å². The summed E-state index contributed by atoms with van der Waals surface area (Å²) in [5.41, 5.74) is 7.52. The van der Waals surface area contributed by atoms with E-state index in [9.17, 15) is 19.5 Å². The molecule has 0 aliphatic carbocycles. The number of carbonyl (C=O) groups is 3. The number of fused-ring (bicyclic) bond motifs is 1. The molecule has 3 unspecified atom stereocenters. The number of hydroxylamine groups is 1. The van der Waals surface area contributed by atoms with Crippen LogP contribution in [0.4, 0.5) is 17.4 Å². The molecule has 1 saturated heterocycles. The third kappa shape index (κ3) is 6.12. The van der Waals surface area contributed by atoms with E-state index in [4.69, 9.17) is 9.25 Å². The van der Waals surface area contributed by atoms with Gasteiger partial charge in [0.1, 0.15) is 17.3 Å². The van der Waals surface area contributed by atoms with Crippen molar-refractivity contribution in [3.05, 3.63) is 95.7 Å². The maximum absolute atomic E-state index is 13.3. The molecule has 3 heterocycles. The van der Waals surface area contributed by atoms with Crippen molar-refractivity contribution in [1.29, 1.82) is 0 Å². The lowest BCUT2D eigenvalue weighted by atomic mass is 9.89. The van der Waals surface area contributed by atoms with Crippen molar-refractivity contribution in [2.75, 3.05) is 36.5 Å². The molecule has 2 amide bonds. The molecule has 1 fully saturated rings. The van der Waals surface area contributed by atoms with Gasteiger partial charge in [-0.2, -0.15) is 4.98 Å². The summed E-state index contributed by atoms with van der Waals surface area (Å²) in [6.07, 6.45) is 1.60. The van der Waals surface area contributed by atoms with Crippen molar-refractivity contribution in [2.45, 2.75) is 32.3 Å². The highest BCUT2D eigenvalue weighted by molar-refractivity contribution is 5.95. The van der Waals surface area contributed by atoms with Gasteiger partial charge in [0.2, 0.25) is 5.91 Å². The number of aromatic nitrogens is 1. The van der Waals surface area contributed by atoms with Crippen molar-refractivity contribution in [3.63, 3.8) is 0 Å². The summed E-state index contributed by atoms with van der Waals surface area (Å²) in [4.78, 5) is 53.3. The summed E-state index contributed by atoms with van der Waals surface area (Å²) in [6, 6.07) is 23.3.